The molecule has 0 fully saturated rings. The summed E-state index contributed by atoms with van der Waals surface area (Å²) in [4.78, 5) is 9.18. The van der Waals surface area contributed by atoms with Gasteiger partial charge in [0.2, 0.25) is 5.89 Å². The topological polar surface area (TPSA) is 51.5 Å². The van der Waals surface area contributed by atoms with Crippen molar-refractivity contribution in [3.05, 3.63) is 94.2 Å². The van der Waals surface area contributed by atoms with E-state index >= 15 is 0 Å². The van der Waals surface area contributed by atoms with Gasteiger partial charge in [-0.05, 0) is 67.1 Å². The maximum atomic E-state index is 6.28. The van der Waals surface area contributed by atoms with Crippen LogP contribution in [0.15, 0.2) is 86.6 Å². The highest BCUT2D eigenvalue weighted by molar-refractivity contribution is 6.36. The highest BCUT2D eigenvalue weighted by atomic mass is 35.5. The monoisotopic (exact) mass is 446 g/mol. The van der Waals surface area contributed by atoms with Gasteiger partial charge in [0, 0.05) is 16.1 Å². The Morgan fingerprint density at radius 1 is 0.903 bits per heavy atom. The molecule has 0 aliphatic carbocycles. The summed E-state index contributed by atoms with van der Waals surface area (Å²) >= 11 is 12.3. The van der Waals surface area contributed by atoms with E-state index in [1.54, 1.807) is 18.3 Å². The van der Waals surface area contributed by atoms with Crippen molar-refractivity contribution in [2.24, 2.45) is 4.99 Å². The Hall–Kier alpha value is -3.34. The zero-order valence-corrected chi connectivity index (χ0v) is 18.0. The van der Waals surface area contributed by atoms with E-state index in [-0.39, 0.29) is 0 Å². The Balaban J connectivity index is 1.43. The number of halogens is 2. The van der Waals surface area contributed by atoms with Crippen LogP contribution in [-0.2, 0) is 0 Å². The van der Waals surface area contributed by atoms with E-state index in [1.807, 2.05) is 67.6 Å². The number of aliphatic imine (C=N–C) groups is 1. The number of aryl methyl sites for hydroxylation is 1. The average Bonchev–Trinajstić information content (AvgIpc) is 3.40. The van der Waals surface area contributed by atoms with Gasteiger partial charge in [-0.1, -0.05) is 41.4 Å². The summed E-state index contributed by atoms with van der Waals surface area (Å²) in [6, 6.07) is 22.6. The third-order valence-electron chi connectivity index (χ3n) is 4.90. The molecule has 3 aromatic carbocycles. The number of rotatable bonds is 4. The molecule has 0 spiro atoms. The van der Waals surface area contributed by atoms with Gasteiger partial charge in [0.05, 0.1) is 16.9 Å². The molecular weight excluding hydrogens is 431 g/mol. The van der Waals surface area contributed by atoms with Crippen LogP contribution in [0.3, 0.4) is 0 Å². The fourth-order valence-corrected chi connectivity index (χ4v) is 3.77. The van der Waals surface area contributed by atoms with Crippen molar-refractivity contribution in [1.82, 2.24) is 4.98 Å². The highest BCUT2D eigenvalue weighted by Gasteiger charge is 2.11. The summed E-state index contributed by atoms with van der Waals surface area (Å²) in [7, 11) is 0. The highest BCUT2D eigenvalue weighted by Crippen LogP contribution is 2.32. The summed E-state index contributed by atoms with van der Waals surface area (Å²) in [5.74, 6) is 1.84. The number of nitrogens with zero attached hydrogens (tertiary/aromatic N) is 2. The second-order valence-electron chi connectivity index (χ2n) is 7.07. The molecule has 4 nitrogen and oxygen atoms in total. The van der Waals surface area contributed by atoms with E-state index in [1.165, 1.54) is 0 Å². The normalized spacial score (nSPS) is 11.6. The number of para-hydroxylation sites is 2. The van der Waals surface area contributed by atoms with Crippen LogP contribution in [0, 0.1) is 6.92 Å². The third-order valence-corrected chi connectivity index (χ3v) is 5.45. The van der Waals surface area contributed by atoms with Crippen LogP contribution >= 0.6 is 23.2 Å². The lowest BCUT2D eigenvalue weighted by Crippen LogP contribution is -1.82. The number of aromatic nitrogens is 1. The summed E-state index contributed by atoms with van der Waals surface area (Å²) < 4.78 is 11.8. The molecule has 0 aliphatic heterocycles. The minimum atomic E-state index is 0.534. The van der Waals surface area contributed by atoms with Crippen LogP contribution in [-0.4, -0.2) is 11.2 Å². The standard InChI is InChI=1S/C25H16Cl2N2O2/c1-15-6-7-16(25-29-21-4-2-3-5-24(21)31-25)12-22(15)28-14-18-9-11-23(30-18)19-10-8-17(26)13-20(19)27/h2-14H,1H3. The van der Waals surface area contributed by atoms with Crippen molar-refractivity contribution in [2.45, 2.75) is 6.92 Å². The van der Waals surface area contributed by atoms with Gasteiger partial charge in [0.15, 0.2) is 5.58 Å². The van der Waals surface area contributed by atoms with E-state index in [2.05, 4.69) is 9.98 Å². The maximum Gasteiger partial charge on any atom is 0.227 e. The lowest BCUT2D eigenvalue weighted by molar-refractivity contribution is 0.575. The van der Waals surface area contributed by atoms with Crippen LogP contribution in [0.1, 0.15) is 11.3 Å². The van der Waals surface area contributed by atoms with E-state index in [0.29, 0.717) is 27.5 Å². The summed E-state index contributed by atoms with van der Waals surface area (Å²) in [6.45, 7) is 2.00. The maximum absolute atomic E-state index is 6.28. The van der Waals surface area contributed by atoms with Gasteiger partial charge in [-0.25, -0.2) is 4.98 Å². The van der Waals surface area contributed by atoms with Crippen molar-refractivity contribution in [3.63, 3.8) is 0 Å². The number of benzene rings is 3. The van der Waals surface area contributed by atoms with E-state index in [9.17, 15) is 0 Å². The molecule has 0 aliphatic rings. The lowest BCUT2D eigenvalue weighted by Gasteiger charge is -2.02. The minimum absolute atomic E-state index is 0.534. The molecule has 2 heterocycles. The number of hydrogen-bond acceptors (Lipinski definition) is 4. The molecule has 0 N–H and O–H groups in total. The quantitative estimate of drug-likeness (QED) is 0.262. The van der Waals surface area contributed by atoms with Crippen molar-refractivity contribution in [1.29, 1.82) is 0 Å². The Bertz CT molecular complexity index is 1400. The van der Waals surface area contributed by atoms with Crippen molar-refractivity contribution >= 4 is 46.2 Å². The average molecular weight is 447 g/mol. The summed E-state index contributed by atoms with van der Waals surface area (Å²) in [5, 5.41) is 1.11. The Morgan fingerprint density at radius 3 is 2.61 bits per heavy atom. The fraction of sp³-hybridized carbons (Fsp3) is 0.0400. The van der Waals surface area contributed by atoms with Crippen LogP contribution in [0.5, 0.6) is 0 Å². The number of oxazole rings is 1. The molecule has 31 heavy (non-hydrogen) atoms. The van der Waals surface area contributed by atoms with Crippen molar-refractivity contribution in [3.8, 4) is 22.8 Å². The van der Waals surface area contributed by atoms with Gasteiger partial charge in [-0.15, -0.1) is 0 Å². The van der Waals surface area contributed by atoms with E-state index in [0.717, 1.165) is 33.5 Å². The Labute approximate surface area is 188 Å². The molecule has 152 valence electrons. The third kappa shape index (κ3) is 4.00. The first kappa shape index (κ1) is 19.6. The minimum Gasteiger partial charge on any atom is -0.455 e. The van der Waals surface area contributed by atoms with Gasteiger partial charge >= 0.3 is 0 Å². The molecule has 5 aromatic rings. The largest absolute Gasteiger partial charge is 0.455 e. The van der Waals surface area contributed by atoms with E-state index in [4.69, 9.17) is 32.0 Å². The molecule has 0 radical (unpaired) electrons. The number of hydrogen-bond donors (Lipinski definition) is 0. The van der Waals surface area contributed by atoms with E-state index < -0.39 is 0 Å². The Morgan fingerprint density at radius 2 is 1.77 bits per heavy atom. The van der Waals surface area contributed by atoms with Gasteiger partial charge in [-0.3, -0.25) is 4.99 Å². The molecular formula is C25H16Cl2N2O2. The second kappa shape index (κ2) is 8.06. The molecule has 0 atom stereocenters. The van der Waals surface area contributed by atoms with Crippen molar-refractivity contribution < 1.29 is 8.83 Å². The first-order valence-corrected chi connectivity index (χ1v) is 10.4. The molecule has 0 unspecified atom stereocenters. The first-order valence-electron chi connectivity index (χ1n) is 9.63. The van der Waals surface area contributed by atoms with Gasteiger partial charge in [0.1, 0.15) is 17.0 Å². The molecule has 5 rings (SSSR count). The lowest BCUT2D eigenvalue weighted by atomic mass is 10.1. The van der Waals surface area contributed by atoms with Crippen LogP contribution in [0.4, 0.5) is 5.69 Å². The zero-order chi connectivity index (χ0) is 21.4. The van der Waals surface area contributed by atoms with Gasteiger partial charge in [-0.2, -0.15) is 0 Å². The molecule has 0 saturated carbocycles. The predicted octanol–water partition coefficient (Wildman–Crippen LogP) is 8.12. The van der Waals surface area contributed by atoms with Gasteiger partial charge < -0.3 is 8.83 Å². The smallest absolute Gasteiger partial charge is 0.227 e. The van der Waals surface area contributed by atoms with Crippen LogP contribution in [0.25, 0.3) is 33.9 Å². The molecule has 6 heteroatoms. The number of furan rings is 1. The van der Waals surface area contributed by atoms with Crippen molar-refractivity contribution in [2.75, 3.05) is 0 Å². The summed E-state index contributed by atoms with van der Waals surface area (Å²) in [6.07, 6.45) is 1.69. The van der Waals surface area contributed by atoms with Crippen LogP contribution < -0.4 is 0 Å². The van der Waals surface area contributed by atoms with Gasteiger partial charge in [0.25, 0.3) is 0 Å². The molecule has 0 amide bonds. The molecule has 0 bridgehead atoms. The SMILES string of the molecule is Cc1ccc(-c2nc3ccccc3o2)cc1N=Cc1ccc(-c2ccc(Cl)cc2Cl)o1. The summed E-state index contributed by atoms with van der Waals surface area (Å²) in [5.41, 5.74) is 5.06. The van der Waals surface area contributed by atoms with Crippen LogP contribution in [0.2, 0.25) is 10.0 Å². The predicted molar refractivity (Wildman–Crippen MR) is 126 cm³/mol. The zero-order valence-electron chi connectivity index (χ0n) is 16.5. The first-order chi connectivity index (χ1) is 15.1. The molecule has 2 aromatic heterocycles. The number of fused-ring (bicyclic) bond motifs is 1. The Kier molecular flexibility index (Phi) is 5.10. The second-order valence-corrected chi connectivity index (χ2v) is 7.92. The molecule has 0 saturated heterocycles. The fourth-order valence-electron chi connectivity index (χ4n) is 3.27.